The first-order valence-corrected chi connectivity index (χ1v) is 33.7. The van der Waals surface area contributed by atoms with E-state index in [2.05, 4.69) is 337 Å². The Morgan fingerprint density at radius 3 is 1.64 bits per heavy atom. The van der Waals surface area contributed by atoms with E-state index < -0.39 is 8.07 Å². The van der Waals surface area contributed by atoms with Gasteiger partial charge in [0.15, 0.2) is 8.07 Å². The van der Waals surface area contributed by atoms with E-state index >= 15 is 0 Å². The number of benzene rings is 11. The van der Waals surface area contributed by atoms with E-state index in [1.807, 2.05) is 18.2 Å². The monoisotopic (exact) mass is 1200 g/mol. The summed E-state index contributed by atoms with van der Waals surface area (Å²) in [7, 11) is -3.06. The second-order valence-corrected chi connectivity index (χ2v) is 31.2. The maximum absolute atomic E-state index is 6.91. The number of para-hydroxylation sites is 4. The van der Waals surface area contributed by atoms with Gasteiger partial charge in [0, 0.05) is 39.4 Å². The lowest BCUT2D eigenvalue weighted by molar-refractivity contribution is -0.570. The van der Waals surface area contributed by atoms with Crippen LogP contribution in [0.3, 0.4) is 0 Å². The van der Waals surface area contributed by atoms with Crippen molar-refractivity contribution in [1.29, 1.82) is 0 Å². The average molecular weight is 1200 g/mol. The van der Waals surface area contributed by atoms with Crippen LogP contribution in [0, 0.1) is 6.33 Å². The minimum absolute atomic E-state index is 0.0452. The van der Waals surface area contributed by atoms with Gasteiger partial charge >= 0.3 is 0 Å². The molecule has 0 fully saturated rings. The van der Waals surface area contributed by atoms with E-state index in [4.69, 9.17) is 14.1 Å². The van der Waals surface area contributed by atoms with Crippen molar-refractivity contribution in [3.63, 3.8) is 0 Å². The Bertz CT molecular complexity index is 5140. The Balaban J connectivity index is 0.813. The fourth-order valence-electron chi connectivity index (χ4n) is 13.7. The molecule has 0 amide bonds. The Hall–Kier alpha value is -10.3. The van der Waals surface area contributed by atoms with Crippen LogP contribution in [0.2, 0.25) is 0 Å². The van der Waals surface area contributed by atoms with Crippen LogP contribution in [0.1, 0.15) is 79.0 Å². The summed E-state index contributed by atoms with van der Waals surface area (Å²) in [6, 6.07) is 97.2. The van der Waals surface area contributed by atoms with Crippen molar-refractivity contribution in [2.24, 2.45) is 0 Å². The van der Waals surface area contributed by atoms with Gasteiger partial charge in [-0.1, -0.05) is 263 Å². The number of pyridine rings is 1. The lowest BCUT2D eigenvalue weighted by Crippen LogP contribution is -2.75. The van der Waals surface area contributed by atoms with Gasteiger partial charge in [-0.2, -0.15) is 0 Å². The van der Waals surface area contributed by atoms with Crippen LogP contribution in [-0.4, -0.2) is 22.2 Å². The normalized spacial score (nSPS) is 12.5. The maximum Gasteiger partial charge on any atom is 0.269 e. The molecule has 0 aliphatic heterocycles. The van der Waals surface area contributed by atoms with E-state index in [0.29, 0.717) is 11.5 Å². The van der Waals surface area contributed by atoms with Gasteiger partial charge in [-0.15, -0.1) is 0 Å². The lowest BCUT2D eigenvalue weighted by Gasteiger charge is -2.37. The fraction of sp³-hybridized carbons (Fsp3) is 0.143. The van der Waals surface area contributed by atoms with Gasteiger partial charge in [0.25, 0.3) is 6.33 Å². The number of fused-ring (bicyclic) bond motifs is 7. The molecule has 15 aromatic rings. The molecule has 0 saturated carbocycles. The first-order chi connectivity index (χ1) is 44.0. The summed E-state index contributed by atoms with van der Waals surface area (Å²) in [4.78, 5) is 5.36. The van der Waals surface area contributed by atoms with Gasteiger partial charge in [-0.25, -0.2) is 4.98 Å². The maximum atomic E-state index is 6.91. The zero-order chi connectivity index (χ0) is 62.4. The Morgan fingerprint density at radius 1 is 0.418 bits per heavy atom. The van der Waals surface area contributed by atoms with E-state index in [1.165, 1.54) is 37.4 Å². The molecule has 4 heterocycles. The van der Waals surface area contributed by atoms with Crippen LogP contribution in [0.15, 0.2) is 278 Å². The van der Waals surface area contributed by atoms with Crippen LogP contribution in [0.4, 0.5) is 0 Å². The standard InChI is InChI=1S/C84H72N4O2Si/c1-82(2,3)59-27-20-33-66(49-59)91(67-34-21-28-60(50-67)83(4,5)6,68-35-22-29-61(51-68)84(7,8)9)65-32-19-26-57(48-65)58-42-47-79(85-54-58)88-73-38-15-13-36-70(73)71-44-43-64(53-76(71)88)89-63-31-23-30-62(52-63)86-55-87(75-40-17-16-39-74(75)86)81-69(56-24-11-10-12-25-56)45-46-78-80(81)72-37-14-18-41-77(72)90-78/h10-54H,1-9H3. The molecule has 11 aromatic carbocycles. The number of furan rings is 1. The number of imidazole rings is 1. The molecule has 0 aliphatic rings. The smallest absolute Gasteiger partial charge is 0.269 e. The predicted molar refractivity (Wildman–Crippen MR) is 380 cm³/mol. The largest absolute Gasteiger partial charge is 0.458 e. The summed E-state index contributed by atoms with van der Waals surface area (Å²) in [5, 5.41) is 9.80. The molecule has 91 heavy (non-hydrogen) atoms. The first-order valence-electron chi connectivity index (χ1n) is 31.7. The molecule has 0 saturated heterocycles. The minimum atomic E-state index is -3.06. The van der Waals surface area contributed by atoms with Crippen molar-refractivity contribution < 1.29 is 13.7 Å². The molecule has 0 atom stereocenters. The SMILES string of the molecule is CC(C)(C)c1cccc([Si](c2cccc(-c3ccc(-n4c5ccccc5c5ccc(Oc6cccc(-n7[c-][n+](-c8c(-c9ccccc9)ccc9oc%10ccccc%10c89)c8ccccc87)c6)cc54)nc3)c2)(c2cccc(C(C)(C)C)c2)c2cccc(C(C)(C)C)c2)c1. The van der Waals surface area contributed by atoms with Crippen molar-refractivity contribution in [3.05, 3.63) is 296 Å². The number of hydrogen-bond donors (Lipinski definition) is 0. The fourth-order valence-corrected chi connectivity index (χ4v) is 18.5. The van der Waals surface area contributed by atoms with E-state index in [1.54, 1.807) is 0 Å². The summed E-state index contributed by atoms with van der Waals surface area (Å²) >= 11 is 0. The molecule has 0 unspecified atom stereocenters. The molecule has 6 nitrogen and oxygen atoms in total. The highest BCUT2D eigenvalue weighted by atomic mass is 28.3. The van der Waals surface area contributed by atoms with Gasteiger partial charge in [0.1, 0.15) is 28.5 Å². The van der Waals surface area contributed by atoms with Crippen molar-refractivity contribution >= 4 is 83.6 Å². The van der Waals surface area contributed by atoms with Crippen LogP contribution < -0.4 is 30.1 Å². The Kier molecular flexibility index (Phi) is 13.8. The van der Waals surface area contributed by atoms with Crippen LogP contribution in [-0.2, 0) is 16.2 Å². The van der Waals surface area contributed by atoms with Gasteiger partial charge < -0.3 is 9.15 Å². The summed E-state index contributed by atoms with van der Waals surface area (Å²) in [5.74, 6) is 2.24. The zero-order valence-corrected chi connectivity index (χ0v) is 54.1. The molecule has 0 spiro atoms. The molecule has 7 heteroatoms. The highest BCUT2D eigenvalue weighted by Crippen LogP contribution is 2.40. The third-order valence-electron chi connectivity index (χ3n) is 18.4. The van der Waals surface area contributed by atoms with Crippen molar-refractivity contribution in [2.75, 3.05) is 0 Å². The van der Waals surface area contributed by atoms with Crippen molar-refractivity contribution in [2.45, 2.75) is 78.6 Å². The molecular formula is C84H72N4O2Si. The lowest BCUT2D eigenvalue weighted by atomic mass is 9.87. The summed E-state index contributed by atoms with van der Waals surface area (Å²) in [5.41, 5.74) is 15.9. The molecule has 444 valence electrons. The van der Waals surface area contributed by atoms with E-state index in [9.17, 15) is 0 Å². The molecule has 0 aliphatic carbocycles. The van der Waals surface area contributed by atoms with Gasteiger partial charge in [0.2, 0.25) is 0 Å². The number of ether oxygens (including phenoxy) is 1. The third kappa shape index (κ3) is 10.0. The molecule has 0 bridgehead atoms. The molecule has 0 radical (unpaired) electrons. The Labute approximate surface area is 534 Å². The number of hydrogen-bond acceptors (Lipinski definition) is 3. The average Bonchev–Trinajstić information content (AvgIpc) is 1.75. The van der Waals surface area contributed by atoms with Crippen LogP contribution in [0.25, 0.3) is 94.2 Å². The van der Waals surface area contributed by atoms with Gasteiger partial charge in [-0.05, 0) is 131 Å². The summed E-state index contributed by atoms with van der Waals surface area (Å²) in [6.45, 7) is 20.9. The molecule has 4 aromatic heterocycles. The molecule has 15 rings (SSSR count). The predicted octanol–water partition coefficient (Wildman–Crippen LogP) is 18.5. The van der Waals surface area contributed by atoms with Gasteiger partial charge in [-0.3, -0.25) is 13.7 Å². The zero-order valence-electron chi connectivity index (χ0n) is 53.1. The van der Waals surface area contributed by atoms with Crippen LogP contribution >= 0.6 is 0 Å². The molecule has 0 N–H and O–H groups in total. The topological polar surface area (TPSA) is 49.0 Å². The van der Waals surface area contributed by atoms with E-state index in [0.717, 1.165) is 94.2 Å². The van der Waals surface area contributed by atoms with Gasteiger partial charge in [0.05, 0.1) is 33.4 Å². The second-order valence-electron chi connectivity index (χ2n) is 27.4. The highest BCUT2D eigenvalue weighted by molar-refractivity contribution is 7.20. The summed E-state index contributed by atoms with van der Waals surface area (Å²) < 4.78 is 20.0. The first kappa shape index (κ1) is 57.1. The quantitative estimate of drug-likeness (QED) is 0.0561. The number of nitrogens with zero attached hydrogens (tertiary/aromatic N) is 4. The molecular weight excluding hydrogens is 1130 g/mol. The van der Waals surface area contributed by atoms with Crippen LogP contribution in [0.5, 0.6) is 11.5 Å². The van der Waals surface area contributed by atoms with E-state index in [-0.39, 0.29) is 16.2 Å². The second kappa shape index (κ2) is 22.0. The Morgan fingerprint density at radius 2 is 0.978 bits per heavy atom. The van der Waals surface area contributed by atoms with Crippen molar-refractivity contribution in [3.8, 4) is 50.9 Å². The van der Waals surface area contributed by atoms with Crippen molar-refractivity contribution in [1.82, 2.24) is 14.1 Å². The minimum Gasteiger partial charge on any atom is -0.458 e. The third-order valence-corrected chi connectivity index (χ3v) is 23.1. The summed E-state index contributed by atoms with van der Waals surface area (Å²) in [6.07, 6.45) is 5.88. The number of rotatable bonds is 11. The highest BCUT2D eigenvalue weighted by Gasteiger charge is 2.43. The number of aromatic nitrogens is 4.